The van der Waals surface area contributed by atoms with E-state index in [1.165, 1.54) is 0 Å². The largest absolute Gasteiger partial charge is 0.390 e. The van der Waals surface area contributed by atoms with Crippen LogP contribution in [-0.4, -0.2) is 26.6 Å². The monoisotopic (exact) mass is 328 g/mol. The van der Waals surface area contributed by atoms with Crippen LogP contribution in [0.2, 0.25) is 10.1 Å². The van der Waals surface area contributed by atoms with Crippen LogP contribution in [0.1, 0.15) is 81.6 Å². The van der Waals surface area contributed by atoms with Crippen LogP contribution < -0.4 is 0 Å². The predicted octanol–water partition coefficient (Wildman–Crippen LogP) is 5.23. The minimum Gasteiger partial charge on any atom is -0.390 e. The van der Waals surface area contributed by atoms with Gasteiger partial charge < -0.3 is 8.85 Å². The van der Waals surface area contributed by atoms with E-state index in [2.05, 4.69) is 55.4 Å². The first kappa shape index (κ1) is 19.9. The second kappa shape index (κ2) is 6.74. The van der Waals surface area contributed by atoms with Gasteiger partial charge in [-0.25, -0.2) is 0 Å². The summed E-state index contributed by atoms with van der Waals surface area (Å²) in [5.41, 5.74) is 0. The summed E-state index contributed by atoms with van der Waals surface area (Å²) < 4.78 is 13.4. The molecule has 1 fully saturated rings. The van der Waals surface area contributed by atoms with Crippen LogP contribution in [0.3, 0.4) is 0 Å². The van der Waals surface area contributed by atoms with Gasteiger partial charge in [0, 0.05) is 28.8 Å². The van der Waals surface area contributed by atoms with Crippen molar-refractivity contribution in [1.29, 1.82) is 0 Å². The fourth-order valence-corrected chi connectivity index (χ4v) is 9.04. The standard InChI is InChI=1S/C18H36O3Si/c1-10-14(19)12-16-13(3)15(11-2)20-22(21-16,17(4,5)6)18(7,8)9/h13,15-16H,10-12H2,1-9H3/t13-,15+,16+/m0/s1. The average molecular weight is 329 g/mol. The van der Waals surface area contributed by atoms with Crippen molar-refractivity contribution in [2.45, 2.75) is 104 Å². The lowest BCUT2D eigenvalue weighted by atomic mass is 9.92. The first-order chi connectivity index (χ1) is 9.89. The number of ketones is 1. The van der Waals surface area contributed by atoms with Crippen molar-refractivity contribution in [3.63, 3.8) is 0 Å². The number of hydrogen-bond acceptors (Lipinski definition) is 3. The Hall–Kier alpha value is -0.193. The Balaban J connectivity index is 3.26. The Bertz CT molecular complexity index is 378. The SMILES string of the molecule is CCC(=O)C[C@H]1O[Si](C(C)(C)C)(C(C)(C)C)O[C@H](CC)[C@@H]1C. The summed E-state index contributed by atoms with van der Waals surface area (Å²) in [5.74, 6) is 0.560. The van der Waals surface area contributed by atoms with Gasteiger partial charge in [-0.1, -0.05) is 62.3 Å². The van der Waals surface area contributed by atoms with Crippen molar-refractivity contribution in [2.24, 2.45) is 5.92 Å². The highest BCUT2D eigenvalue weighted by Crippen LogP contribution is 2.56. The van der Waals surface area contributed by atoms with Gasteiger partial charge in [0.05, 0.1) is 12.2 Å². The maximum Gasteiger partial charge on any atom is 0.349 e. The molecular formula is C18H36O3Si. The molecule has 1 aliphatic heterocycles. The molecule has 0 aliphatic carbocycles. The zero-order valence-corrected chi connectivity index (χ0v) is 17.1. The summed E-state index contributed by atoms with van der Waals surface area (Å²) >= 11 is 0. The Morgan fingerprint density at radius 2 is 1.41 bits per heavy atom. The molecule has 4 heteroatoms. The third kappa shape index (κ3) is 3.65. The van der Waals surface area contributed by atoms with Crippen LogP contribution in [-0.2, 0) is 13.6 Å². The summed E-state index contributed by atoms with van der Waals surface area (Å²) in [6.07, 6.45) is 2.27. The number of carbonyl (C=O) groups excluding carboxylic acids is 1. The molecule has 0 radical (unpaired) electrons. The van der Waals surface area contributed by atoms with Crippen LogP contribution in [0.15, 0.2) is 0 Å². The smallest absolute Gasteiger partial charge is 0.349 e. The Morgan fingerprint density at radius 3 is 1.77 bits per heavy atom. The second-order valence-corrected chi connectivity index (χ2v) is 13.5. The molecule has 3 atom stereocenters. The molecule has 0 unspecified atom stereocenters. The van der Waals surface area contributed by atoms with Crippen LogP contribution in [0, 0.1) is 5.92 Å². The normalized spacial score (nSPS) is 29.4. The van der Waals surface area contributed by atoms with E-state index >= 15 is 0 Å². The van der Waals surface area contributed by atoms with E-state index in [1.54, 1.807) is 0 Å². The molecule has 0 aromatic rings. The van der Waals surface area contributed by atoms with E-state index in [-0.39, 0.29) is 28.2 Å². The van der Waals surface area contributed by atoms with E-state index in [0.29, 0.717) is 18.6 Å². The topological polar surface area (TPSA) is 35.5 Å². The van der Waals surface area contributed by atoms with E-state index in [4.69, 9.17) is 8.85 Å². The zero-order chi connectivity index (χ0) is 17.3. The zero-order valence-electron chi connectivity index (χ0n) is 16.1. The molecule has 130 valence electrons. The number of Topliss-reactive ketones (excluding diaryl/α,β-unsaturated/α-hetero) is 1. The first-order valence-electron chi connectivity index (χ1n) is 8.77. The molecule has 0 aromatic carbocycles. The molecule has 0 spiro atoms. The van der Waals surface area contributed by atoms with E-state index in [9.17, 15) is 4.79 Å². The van der Waals surface area contributed by atoms with Crippen molar-refractivity contribution in [3.8, 4) is 0 Å². The highest BCUT2D eigenvalue weighted by Gasteiger charge is 2.63. The third-order valence-electron chi connectivity index (χ3n) is 5.01. The van der Waals surface area contributed by atoms with Gasteiger partial charge in [-0.3, -0.25) is 4.79 Å². The Labute approximate surface area is 138 Å². The van der Waals surface area contributed by atoms with Crippen LogP contribution >= 0.6 is 0 Å². The number of rotatable bonds is 4. The molecule has 0 saturated carbocycles. The van der Waals surface area contributed by atoms with Gasteiger partial charge >= 0.3 is 8.56 Å². The summed E-state index contributed by atoms with van der Waals surface area (Å²) in [6.45, 7) is 19.6. The Kier molecular flexibility index (Phi) is 6.08. The molecule has 0 amide bonds. The Morgan fingerprint density at radius 1 is 0.955 bits per heavy atom. The van der Waals surface area contributed by atoms with Gasteiger partial charge in [-0.05, 0) is 6.42 Å². The van der Waals surface area contributed by atoms with Gasteiger partial charge in [0.25, 0.3) is 0 Å². The maximum absolute atomic E-state index is 12.0. The number of carbonyl (C=O) groups is 1. The predicted molar refractivity (Wildman–Crippen MR) is 94.3 cm³/mol. The molecule has 1 rings (SSSR count). The quantitative estimate of drug-likeness (QED) is 0.663. The first-order valence-corrected chi connectivity index (χ1v) is 10.6. The van der Waals surface area contributed by atoms with Gasteiger partial charge in [0.15, 0.2) is 0 Å². The van der Waals surface area contributed by atoms with Crippen molar-refractivity contribution in [3.05, 3.63) is 0 Å². The molecule has 0 N–H and O–H groups in total. The molecule has 22 heavy (non-hydrogen) atoms. The maximum atomic E-state index is 12.0. The lowest BCUT2D eigenvalue weighted by Crippen LogP contribution is -2.65. The molecule has 1 heterocycles. The van der Waals surface area contributed by atoms with E-state index in [1.807, 2.05) is 6.92 Å². The van der Waals surface area contributed by atoms with Crippen molar-refractivity contribution in [1.82, 2.24) is 0 Å². The highest BCUT2D eigenvalue weighted by atomic mass is 28.4. The number of hydrogen-bond donors (Lipinski definition) is 0. The molecule has 0 bridgehead atoms. The van der Waals surface area contributed by atoms with Crippen molar-refractivity contribution >= 4 is 14.3 Å². The molecular weight excluding hydrogens is 292 g/mol. The fraction of sp³-hybridized carbons (Fsp3) is 0.944. The van der Waals surface area contributed by atoms with Crippen molar-refractivity contribution < 1.29 is 13.6 Å². The van der Waals surface area contributed by atoms with E-state index in [0.717, 1.165) is 6.42 Å². The van der Waals surface area contributed by atoms with Crippen LogP contribution in [0.5, 0.6) is 0 Å². The lowest BCUT2D eigenvalue weighted by molar-refractivity contribution is -0.125. The van der Waals surface area contributed by atoms with Gasteiger partial charge in [-0.2, -0.15) is 0 Å². The fourth-order valence-electron chi connectivity index (χ4n) is 3.79. The average Bonchev–Trinajstić information content (AvgIpc) is 2.38. The molecule has 3 nitrogen and oxygen atoms in total. The summed E-state index contributed by atoms with van der Waals surface area (Å²) in [7, 11) is -2.51. The summed E-state index contributed by atoms with van der Waals surface area (Å²) in [5, 5.41) is -0.0708. The highest BCUT2D eigenvalue weighted by molar-refractivity contribution is 6.73. The molecule has 1 aliphatic rings. The minimum atomic E-state index is -2.51. The molecule has 0 aromatic heterocycles. The van der Waals surface area contributed by atoms with Crippen LogP contribution in [0.4, 0.5) is 0 Å². The van der Waals surface area contributed by atoms with Crippen molar-refractivity contribution in [2.75, 3.05) is 0 Å². The van der Waals surface area contributed by atoms with E-state index < -0.39 is 8.56 Å². The van der Waals surface area contributed by atoms with Gasteiger partial charge in [0.1, 0.15) is 5.78 Å². The molecule has 1 saturated heterocycles. The third-order valence-corrected chi connectivity index (χ3v) is 10.2. The second-order valence-electron chi connectivity index (χ2n) is 8.79. The summed E-state index contributed by atoms with van der Waals surface area (Å²) in [4.78, 5) is 12.0. The summed E-state index contributed by atoms with van der Waals surface area (Å²) in [6, 6.07) is 0. The van der Waals surface area contributed by atoms with Crippen LogP contribution in [0.25, 0.3) is 0 Å². The van der Waals surface area contributed by atoms with Gasteiger partial charge in [0.2, 0.25) is 0 Å². The minimum absolute atomic E-state index is 0.00346. The van der Waals surface area contributed by atoms with Gasteiger partial charge in [-0.15, -0.1) is 0 Å². The lowest BCUT2D eigenvalue weighted by Gasteiger charge is -2.57.